The minimum atomic E-state index is -0.425. The average Bonchev–Trinajstić information content (AvgIpc) is 3.19. The van der Waals surface area contributed by atoms with Crippen LogP contribution in [0, 0.1) is 5.41 Å². The van der Waals surface area contributed by atoms with Gasteiger partial charge in [0, 0.05) is 43.2 Å². The van der Waals surface area contributed by atoms with Crippen LogP contribution in [0.4, 0.5) is 11.4 Å². The summed E-state index contributed by atoms with van der Waals surface area (Å²) >= 11 is 0. The van der Waals surface area contributed by atoms with Crippen LogP contribution < -0.4 is 25.6 Å². The van der Waals surface area contributed by atoms with Gasteiger partial charge in [-0.15, -0.1) is 0 Å². The highest BCUT2D eigenvalue weighted by Crippen LogP contribution is 2.36. The Hall–Kier alpha value is -2.68. The van der Waals surface area contributed by atoms with Crippen molar-refractivity contribution in [2.24, 2.45) is 5.41 Å². The number of methoxy groups -OCH3 is 1. The molecule has 0 saturated heterocycles. The summed E-state index contributed by atoms with van der Waals surface area (Å²) in [6, 6.07) is 6.14. The van der Waals surface area contributed by atoms with E-state index in [4.69, 9.17) is 9.47 Å². The molecule has 0 radical (unpaired) electrons. The SMILES string of the molecule is COc1cccc2c1NC1=CCCC=C1[NH+]2CCCCCCCCCCCCOCCCCCCCCCCCCNC(=O)CCC(NC(C)(C)C)C(=O)C(C)(C)C. The van der Waals surface area contributed by atoms with E-state index in [1.54, 1.807) is 7.11 Å². The van der Waals surface area contributed by atoms with Crippen molar-refractivity contribution in [3.63, 3.8) is 0 Å². The number of carbonyl (C=O) groups is 2. The van der Waals surface area contributed by atoms with E-state index in [9.17, 15) is 9.59 Å². The molecular weight excluding hydrogens is 721 g/mol. The fraction of sp³-hybridized carbons (Fsp3) is 0.760. The molecule has 330 valence electrons. The molecule has 0 aromatic heterocycles. The minimum absolute atomic E-state index is 0.0534. The molecule has 1 heterocycles. The number of Topliss-reactive ketones (excluding diaryl/α,β-unsaturated/α-hetero) is 1. The smallest absolute Gasteiger partial charge is 0.220 e. The van der Waals surface area contributed by atoms with Crippen LogP contribution >= 0.6 is 0 Å². The monoisotopic (exact) mass is 808 g/mol. The van der Waals surface area contributed by atoms with Crippen molar-refractivity contribution in [2.75, 3.05) is 38.7 Å². The van der Waals surface area contributed by atoms with Gasteiger partial charge in [0.05, 0.1) is 25.4 Å². The fourth-order valence-electron chi connectivity index (χ4n) is 8.38. The van der Waals surface area contributed by atoms with E-state index < -0.39 is 5.41 Å². The molecule has 1 aliphatic carbocycles. The maximum absolute atomic E-state index is 12.9. The Labute approximate surface area is 355 Å². The van der Waals surface area contributed by atoms with E-state index in [1.807, 2.05) is 20.8 Å². The zero-order chi connectivity index (χ0) is 42.1. The summed E-state index contributed by atoms with van der Waals surface area (Å²) in [5.74, 6) is 1.16. The largest absolute Gasteiger partial charge is 0.494 e. The van der Waals surface area contributed by atoms with Crippen molar-refractivity contribution in [2.45, 2.75) is 207 Å². The van der Waals surface area contributed by atoms with Crippen molar-refractivity contribution in [1.29, 1.82) is 0 Å². The van der Waals surface area contributed by atoms with Crippen molar-refractivity contribution in [1.82, 2.24) is 10.6 Å². The molecule has 8 heteroatoms. The summed E-state index contributed by atoms with van der Waals surface area (Å²) in [6.07, 6.45) is 33.7. The van der Waals surface area contributed by atoms with Gasteiger partial charge in [-0.3, -0.25) is 14.5 Å². The van der Waals surface area contributed by atoms with Gasteiger partial charge in [-0.05, 0) is 84.3 Å². The zero-order valence-electron chi connectivity index (χ0n) is 38.4. The molecule has 0 saturated carbocycles. The average molecular weight is 808 g/mol. The molecule has 0 spiro atoms. The Morgan fingerprint density at radius 1 is 0.724 bits per heavy atom. The number of quaternary nitrogens is 1. The quantitative estimate of drug-likeness (QED) is 0.0542. The molecule has 1 aromatic rings. The summed E-state index contributed by atoms with van der Waals surface area (Å²) in [4.78, 5) is 26.8. The van der Waals surface area contributed by atoms with Crippen LogP contribution in [0.5, 0.6) is 5.75 Å². The van der Waals surface area contributed by atoms with Gasteiger partial charge < -0.3 is 25.4 Å². The highest BCUT2D eigenvalue weighted by atomic mass is 16.5. The Morgan fingerprint density at radius 2 is 1.26 bits per heavy atom. The van der Waals surface area contributed by atoms with E-state index in [2.05, 4.69) is 67.1 Å². The number of hydrogen-bond acceptors (Lipinski definition) is 6. The second-order valence-electron chi connectivity index (χ2n) is 19.2. The highest BCUT2D eigenvalue weighted by molar-refractivity contribution is 5.89. The maximum atomic E-state index is 12.9. The topological polar surface area (TPSA) is 93.1 Å². The van der Waals surface area contributed by atoms with E-state index in [1.165, 1.54) is 144 Å². The van der Waals surface area contributed by atoms with Gasteiger partial charge in [0.2, 0.25) is 5.91 Å². The third kappa shape index (κ3) is 20.1. The number of allylic oxidation sites excluding steroid dienone is 2. The summed E-state index contributed by atoms with van der Waals surface area (Å²) in [7, 11) is 1.77. The van der Waals surface area contributed by atoms with Crippen molar-refractivity contribution < 1.29 is 24.0 Å². The molecular formula is C50H87N4O4+. The highest BCUT2D eigenvalue weighted by Gasteiger charge is 2.34. The number of unbranched alkanes of at least 4 members (excludes halogenated alkanes) is 18. The number of para-hydroxylation sites is 1. The fourth-order valence-corrected chi connectivity index (χ4v) is 8.38. The lowest BCUT2D eigenvalue weighted by atomic mass is 9.84. The maximum Gasteiger partial charge on any atom is 0.220 e. The van der Waals surface area contributed by atoms with Crippen LogP contribution in [-0.4, -0.2) is 56.7 Å². The summed E-state index contributed by atoms with van der Waals surface area (Å²) < 4.78 is 11.6. The van der Waals surface area contributed by atoms with E-state index in [-0.39, 0.29) is 23.3 Å². The third-order valence-electron chi connectivity index (χ3n) is 11.6. The molecule has 1 aromatic carbocycles. The Kier molecular flexibility index (Phi) is 23.9. The van der Waals surface area contributed by atoms with Crippen molar-refractivity contribution in [3.05, 3.63) is 41.7 Å². The van der Waals surface area contributed by atoms with Gasteiger partial charge in [-0.1, -0.05) is 129 Å². The third-order valence-corrected chi connectivity index (χ3v) is 11.6. The second-order valence-corrected chi connectivity index (χ2v) is 19.2. The van der Waals surface area contributed by atoms with Gasteiger partial charge in [0.25, 0.3) is 0 Å². The van der Waals surface area contributed by atoms with Gasteiger partial charge >= 0.3 is 0 Å². The molecule has 58 heavy (non-hydrogen) atoms. The first-order chi connectivity index (χ1) is 27.9. The van der Waals surface area contributed by atoms with E-state index >= 15 is 0 Å². The van der Waals surface area contributed by atoms with Crippen LogP contribution in [0.2, 0.25) is 0 Å². The van der Waals surface area contributed by atoms with Gasteiger partial charge in [0.15, 0.2) is 17.2 Å². The van der Waals surface area contributed by atoms with Crippen LogP contribution in [0.15, 0.2) is 41.7 Å². The molecule has 2 aliphatic rings. The van der Waals surface area contributed by atoms with Crippen molar-refractivity contribution in [3.8, 4) is 5.75 Å². The van der Waals surface area contributed by atoms with E-state index in [0.29, 0.717) is 12.8 Å². The number of benzene rings is 1. The number of fused-ring (bicyclic) bond motifs is 2. The molecule has 2 atom stereocenters. The molecule has 1 amide bonds. The number of hydrogen-bond donors (Lipinski definition) is 4. The Bertz CT molecular complexity index is 1370. The zero-order valence-corrected chi connectivity index (χ0v) is 38.4. The van der Waals surface area contributed by atoms with Gasteiger partial charge in [0.1, 0.15) is 11.4 Å². The number of carbonyl (C=O) groups excluding carboxylic acids is 2. The molecule has 0 bridgehead atoms. The van der Waals surface area contributed by atoms with Crippen LogP contribution in [-0.2, 0) is 14.3 Å². The summed E-state index contributed by atoms with van der Waals surface area (Å²) in [5.41, 5.74) is 4.55. The molecule has 4 N–H and O–H groups in total. The number of ketones is 1. The van der Waals surface area contributed by atoms with Gasteiger partial charge in [-0.25, -0.2) is 0 Å². The molecule has 8 nitrogen and oxygen atoms in total. The summed E-state index contributed by atoms with van der Waals surface area (Å²) in [6.45, 7) is 15.8. The standard InChI is InChI=1S/C50H86N4O4/c1-49(2,3)48(56)42(53-50(4,5)6)35-36-46(55)51-37-26-20-16-12-8-10-14-18-22-28-39-58-40-29-23-19-15-11-9-13-17-21-27-38-54-43-32-25-24-31-41(43)52-47-44(54)33-30-34-45(47)57-7/h30-34,42,52-53H,8-29,35-40H2,1-7H3,(H,51,55)/p+1. The first kappa shape index (κ1) is 49.7. The van der Waals surface area contributed by atoms with Crippen molar-refractivity contribution >= 4 is 23.1 Å². The number of ether oxygens (including phenoxy) is 2. The minimum Gasteiger partial charge on any atom is -0.494 e. The number of anilines is 1. The molecule has 1 aliphatic heterocycles. The number of nitrogens with one attached hydrogen (secondary N) is 4. The predicted molar refractivity (Wildman–Crippen MR) is 244 cm³/mol. The lowest BCUT2D eigenvalue weighted by molar-refractivity contribution is -0.789. The lowest BCUT2D eigenvalue weighted by Gasteiger charge is -2.32. The first-order valence-corrected chi connectivity index (χ1v) is 23.8. The summed E-state index contributed by atoms with van der Waals surface area (Å²) in [5, 5.41) is 10.1. The first-order valence-electron chi connectivity index (χ1n) is 23.8. The predicted octanol–water partition coefficient (Wildman–Crippen LogP) is 11.3. The van der Waals surface area contributed by atoms with E-state index in [0.717, 1.165) is 57.0 Å². The second kappa shape index (κ2) is 28.0. The van der Waals surface area contributed by atoms with Gasteiger partial charge in [-0.2, -0.15) is 0 Å². The molecule has 0 fully saturated rings. The molecule has 2 unspecified atom stereocenters. The van der Waals surface area contributed by atoms with Crippen LogP contribution in [0.1, 0.15) is 196 Å². The van der Waals surface area contributed by atoms with Crippen LogP contribution in [0.25, 0.3) is 0 Å². The Balaban J connectivity index is 1.03. The number of rotatable bonds is 32. The van der Waals surface area contributed by atoms with Crippen LogP contribution in [0.3, 0.4) is 0 Å². The number of amides is 1. The normalized spacial score (nSPS) is 15.8. The molecule has 3 rings (SSSR count). The Morgan fingerprint density at radius 3 is 1.81 bits per heavy atom. The lowest BCUT2D eigenvalue weighted by Crippen LogP contribution is -3.06.